The van der Waals surface area contributed by atoms with Gasteiger partial charge in [-0.3, -0.25) is 4.98 Å². The number of aromatic nitrogens is 1. The number of para-hydroxylation sites is 1. The predicted molar refractivity (Wildman–Crippen MR) is 96.9 cm³/mol. The fourth-order valence-corrected chi connectivity index (χ4v) is 3.29. The van der Waals surface area contributed by atoms with Gasteiger partial charge in [0, 0.05) is 36.6 Å². The highest BCUT2D eigenvalue weighted by Gasteiger charge is 2.16. The van der Waals surface area contributed by atoms with Gasteiger partial charge in [-0.1, -0.05) is 24.3 Å². The van der Waals surface area contributed by atoms with Crippen molar-refractivity contribution in [2.75, 3.05) is 26.7 Å². The maximum Gasteiger partial charge on any atom is 0.124 e. The third kappa shape index (κ3) is 5.05. The number of ether oxygens (including phenoxy) is 1. The van der Waals surface area contributed by atoms with Gasteiger partial charge >= 0.3 is 0 Å². The van der Waals surface area contributed by atoms with Gasteiger partial charge in [0.1, 0.15) is 12.4 Å². The first-order valence-electron chi connectivity index (χ1n) is 8.80. The molecule has 1 N–H and O–H groups in total. The Morgan fingerprint density at radius 2 is 2.17 bits per heavy atom. The van der Waals surface area contributed by atoms with Gasteiger partial charge in [-0.05, 0) is 51.0 Å². The average Bonchev–Trinajstić information content (AvgIpc) is 2.62. The minimum Gasteiger partial charge on any atom is -0.489 e. The van der Waals surface area contributed by atoms with Gasteiger partial charge in [-0.25, -0.2) is 0 Å². The molecular formula is C20H27N3O. The maximum absolute atomic E-state index is 5.99. The lowest BCUT2D eigenvalue weighted by Gasteiger charge is -2.29. The van der Waals surface area contributed by atoms with Crippen LogP contribution in [0.2, 0.25) is 0 Å². The van der Waals surface area contributed by atoms with Crippen molar-refractivity contribution in [3.8, 4) is 5.75 Å². The SMILES string of the molecule is CN1CCC[C@@H](CNCc2ccccc2OCc2cccnc2)C1. The second-order valence-corrected chi connectivity index (χ2v) is 6.66. The van der Waals surface area contributed by atoms with Crippen molar-refractivity contribution in [2.45, 2.75) is 26.0 Å². The molecule has 0 radical (unpaired) electrons. The third-order valence-electron chi connectivity index (χ3n) is 4.56. The molecule has 2 heterocycles. The lowest BCUT2D eigenvalue weighted by atomic mass is 9.98. The number of rotatable bonds is 7. The molecule has 2 aromatic rings. The molecule has 1 aromatic heterocycles. The molecule has 24 heavy (non-hydrogen) atoms. The first kappa shape index (κ1) is 16.9. The Kier molecular flexibility index (Phi) is 6.21. The molecule has 4 heteroatoms. The summed E-state index contributed by atoms with van der Waals surface area (Å²) in [6, 6.07) is 12.3. The molecule has 0 aliphatic carbocycles. The van der Waals surface area contributed by atoms with Gasteiger partial charge in [0.2, 0.25) is 0 Å². The van der Waals surface area contributed by atoms with E-state index in [2.05, 4.69) is 34.4 Å². The molecule has 3 rings (SSSR count). The Balaban J connectivity index is 1.50. The summed E-state index contributed by atoms with van der Waals surface area (Å²) in [7, 11) is 2.22. The lowest BCUT2D eigenvalue weighted by Crippen LogP contribution is -2.37. The summed E-state index contributed by atoms with van der Waals surface area (Å²) in [5, 5.41) is 3.61. The van der Waals surface area contributed by atoms with Crippen molar-refractivity contribution >= 4 is 0 Å². The summed E-state index contributed by atoms with van der Waals surface area (Å²) >= 11 is 0. The van der Waals surface area contributed by atoms with Crippen LogP contribution in [-0.2, 0) is 13.2 Å². The van der Waals surface area contributed by atoms with Crippen LogP contribution in [0.15, 0.2) is 48.8 Å². The molecule has 1 saturated heterocycles. The van der Waals surface area contributed by atoms with E-state index >= 15 is 0 Å². The number of hydrogen-bond acceptors (Lipinski definition) is 4. The molecule has 0 unspecified atom stereocenters. The Bertz CT molecular complexity index is 617. The van der Waals surface area contributed by atoms with Gasteiger partial charge in [0.15, 0.2) is 0 Å². The zero-order chi connectivity index (χ0) is 16.6. The Hall–Kier alpha value is -1.91. The second-order valence-electron chi connectivity index (χ2n) is 6.66. The molecular weight excluding hydrogens is 298 g/mol. The minimum atomic E-state index is 0.554. The van der Waals surface area contributed by atoms with Crippen LogP contribution < -0.4 is 10.1 Å². The van der Waals surface area contributed by atoms with Crippen LogP contribution in [0.4, 0.5) is 0 Å². The molecule has 1 aromatic carbocycles. The Morgan fingerprint density at radius 3 is 3.00 bits per heavy atom. The fourth-order valence-electron chi connectivity index (χ4n) is 3.29. The smallest absolute Gasteiger partial charge is 0.124 e. The van der Waals surface area contributed by atoms with E-state index in [-0.39, 0.29) is 0 Å². The average molecular weight is 325 g/mol. The standard InChI is InChI=1S/C20H27N3O/c1-23-11-5-7-17(15-23)12-22-14-19-8-2-3-9-20(19)24-16-18-6-4-10-21-13-18/h2-4,6,8-10,13,17,22H,5,7,11-12,14-16H2,1H3/t17-/m0/s1. The summed E-state index contributed by atoms with van der Waals surface area (Å²) in [6.45, 7) is 4.91. The molecule has 0 amide bonds. The van der Waals surface area contributed by atoms with E-state index in [9.17, 15) is 0 Å². The molecule has 0 bridgehead atoms. The first-order valence-corrected chi connectivity index (χ1v) is 8.80. The molecule has 1 fully saturated rings. The molecule has 0 saturated carbocycles. The van der Waals surface area contributed by atoms with Crippen LogP contribution in [0.5, 0.6) is 5.75 Å². The van der Waals surface area contributed by atoms with Crippen molar-refractivity contribution in [1.82, 2.24) is 15.2 Å². The predicted octanol–water partition coefficient (Wildman–Crippen LogP) is 3.09. The topological polar surface area (TPSA) is 37.4 Å². The Morgan fingerprint density at radius 1 is 1.25 bits per heavy atom. The zero-order valence-corrected chi connectivity index (χ0v) is 14.4. The molecule has 128 valence electrons. The zero-order valence-electron chi connectivity index (χ0n) is 14.4. The largest absolute Gasteiger partial charge is 0.489 e. The van der Waals surface area contributed by atoms with Gasteiger partial charge in [0.25, 0.3) is 0 Å². The highest BCUT2D eigenvalue weighted by atomic mass is 16.5. The molecule has 1 atom stereocenters. The van der Waals surface area contributed by atoms with Crippen molar-refractivity contribution in [2.24, 2.45) is 5.92 Å². The minimum absolute atomic E-state index is 0.554. The van der Waals surface area contributed by atoms with Crippen LogP contribution in [0.1, 0.15) is 24.0 Å². The van der Waals surface area contributed by atoms with E-state index < -0.39 is 0 Å². The number of nitrogens with one attached hydrogen (secondary N) is 1. The highest BCUT2D eigenvalue weighted by molar-refractivity contribution is 5.33. The van der Waals surface area contributed by atoms with Crippen LogP contribution >= 0.6 is 0 Å². The van der Waals surface area contributed by atoms with Crippen molar-refractivity contribution < 1.29 is 4.74 Å². The second kappa shape index (κ2) is 8.81. The van der Waals surface area contributed by atoms with Crippen LogP contribution in [0.25, 0.3) is 0 Å². The maximum atomic E-state index is 5.99. The third-order valence-corrected chi connectivity index (χ3v) is 4.56. The summed E-state index contributed by atoms with van der Waals surface area (Å²) < 4.78 is 5.99. The number of hydrogen-bond donors (Lipinski definition) is 1. The van der Waals surface area contributed by atoms with E-state index in [1.54, 1.807) is 6.20 Å². The van der Waals surface area contributed by atoms with Crippen molar-refractivity contribution in [3.63, 3.8) is 0 Å². The summed E-state index contributed by atoms with van der Waals surface area (Å²) in [4.78, 5) is 6.56. The van der Waals surface area contributed by atoms with Gasteiger partial charge in [0.05, 0.1) is 0 Å². The van der Waals surface area contributed by atoms with E-state index in [0.29, 0.717) is 6.61 Å². The summed E-state index contributed by atoms with van der Waals surface area (Å²) in [6.07, 6.45) is 6.27. The van der Waals surface area contributed by atoms with Crippen LogP contribution in [0, 0.1) is 5.92 Å². The monoisotopic (exact) mass is 325 g/mol. The number of likely N-dealkylation sites (tertiary alicyclic amines) is 1. The van der Waals surface area contributed by atoms with E-state index in [1.165, 1.54) is 31.5 Å². The van der Waals surface area contributed by atoms with Crippen molar-refractivity contribution in [3.05, 3.63) is 59.9 Å². The lowest BCUT2D eigenvalue weighted by molar-refractivity contribution is 0.206. The van der Waals surface area contributed by atoms with E-state index in [4.69, 9.17) is 4.74 Å². The van der Waals surface area contributed by atoms with Crippen LogP contribution in [-0.4, -0.2) is 36.6 Å². The van der Waals surface area contributed by atoms with Gasteiger partial charge in [-0.15, -0.1) is 0 Å². The summed E-state index contributed by atoms with van der Waals surface area (Å²) in [5.41, 5.74) is 2.30. The molecule has 0 spiro atoms. The van der Waals surface area contributed by atoms with E-state index in [0.717, 1.165) is 30.3 Å². The van der Waals surface area contributed by atoms with Gasteiger partial charge < -0.3 is 15.0 Å². The molecule has 4 nitrogen and oxygen atoms in total. The number of benzene rings is 1. The Labute approximate surface area is 144 Å². The first-order chi connectivity index (χ1) is 11.8. The number of nitrogens with zero attached hydrogens (tertiary/aromatic N) is 2. The van der Waals surface area contributed by atoms with Gasteiger partial charge in [-0.2, -0.15) is 0 Å². The number of piperidine rings is 1. The summed E-state index contributed by atoms with van der Waals surface area (Å²) in [5.74, 6) is 1.71. The van der Waals surface area contributed by atoms with E-state index in [1.807, 2.05) is 30.5 Å². The van der Waals surface area contributed by atoms with Crippen molar-refractivity contribution in [1.29, 1.82) is 0 Å². The quantitative estimate of drug-likeness (QED) is 0.849. The normalized spacial score (nSPS) is 18.5. The highest BCUT2D eigenvalue weighted by Crippen LogP contribution is 2.20. The number of pyridine rings is 1. The molecule has 1 aliphatic rings. The fraction of sp³-hybridized carbons (Fsp3) is 0.450. The van der Waals surface area contributed by atoms with Crippen LogP contribution in [0.3, 0.4) is 0 Å². The molecule has 1 aliphatic heterocycles.